The zero-order valence-electron chi connectivity index (χ0n) is 14.4. The quantitative estimate of drug-likeness (QED) is 0.562. The van der Waals surface area contributed by atoms with Crippen molar-refractivity contribution in [2.45, 2.75) is 52.0 Å². The molecule has 1 N–H and O–H groups in total. The van der Waals surface area contributed by atoms with E-state index in [1.807, 2.05) is 0 Å². The number of nitrogens with zero attached hydrogens (tertiary/aromatic N) is 1. The molecule has 21 heavy (non-hydrogen) atoms. The molecule has 0 amide bonds. The molecule has 1 rings (SSSR count). The Kier molecular flexibility index (Phi) is 11.1. The van der Waals surface area contributed by atoms with Gasteiger partial charge in [-0.2, -0.15) is 0 Å². The van der Waals surface area contributed by atoms with Crippen molar-refractivity contribution in [3.63, 3.8) is 0 Å². The van der Waals surface area contributed by atoms with Crippen LogP contribution in [-0.4, -0.2) is 64.1 Å². The Morgan fingerprint density at radius 2 is 2.10 bits per heavy atom. The minimum Gasteiger partial charge on any atom is -0.382 e. The summed E-state index contributed by atoms with van der Waals surface area (Å²) >= 11 is 0. The Labute approximate surface area is 131 Å². The van der Waals surface area contributed by atoms with Gasteiger partial charge in [0.05, 0.1) is 13.2 Å². The van der Waals surface area contributed by atoms with Crippen LogP contribution < -0.4 is 5.32 Å². The number of piperidine rings is 1. The molecule has 0 saturated carbocycles. The molecule has 1 aliphatic heterocycles. The van der Waals surface area contributed by atoms with E-state index in [1.54, 1.807) is 7.11 Å². The summed E-state index contributed by atoms with van der Waals surface area (Å²) < 4.78 is 10.4. The smallest absolute Gasteiger partial charge is 0.0700 e. The molecular weight excluding hydrogens is 264 g/mol. The van der Waals surface area contributed by atoms with Crippen molar-refractivity contribution >= 4 is 0 Å². The molecule has 1 fully saturated rings. The summed E-state index contributed by atoms with van der Waals surface area (Å²) in [7, 11) is 1.71. The lowest BCUT2D eigenvalue weighted by Crippen LogP contribution is -2.44. The highest BCUT2D eigenvalue weighted by molar-refractivity contribution is 4.80. The van der Waals surface area contributed by atoms with Crippen LogP contribution in [0.15, 0.2) is 0 Å². The summed E-state index contributed by atoms with van der Waals surface area (Å²) in [5.74, 6) is 0.822. The second-order valence-corrected chi connectivity index (χ2v) is 6.26. The second-order valence-electron chi connectivity index (χ2n) is 6.26. The summed E-state index contributed by atoms with van der Waals surface area (Å²) in [6.45, 7) is 11.9. The average molecular weight is 300 g/mol. The lowest BCUT2D eigenvalue weighted by Gasteiger charge is -2.36. The van der Waals surface area contributed by atoms with Crippen LogP contribution in [0.1, 0.15) is 46.0 Å². The molecule has 1 heterocycles. The molecule has 0 aromatic carbocycles. The standard InChI is InChI=1S/C17H36N2O2/c1-4-10-19-11-7-8-17(15-19)16(2)18-9-5-6-12-21-14-13-20-3/h16-18H,4-15H2,1-3H3. The van der Waals surface area contributed by atoms with Gasteiger partial charge in [-0.25, -0.2) is 0 Å². The number of hydrogen-bond donors (Lipinski definition) is 1. The summed E-state index contributed by atoms with van der Waals surface area (Å²) in [4.78, 5) is 2.63. The van der Waals surface area contributed by atoms with Crippen LogP contribution in [0.25, 0.3) is 0 Å². The van der Waals surface area contributed by atoms with E-state index in [1.165, 1.54) is 45.3 Å². The van der Waals surface area contributed by atoms with Gasteiger partial charge in [0.1, 0.15) is 0 Å². The van der Waals surface area contributed by atoms with E-state index >= 15 is 0 Å². The third-order valence-corrected chi connectivity index (χ3v) is 4.40. The molecule has 0 spiro atoms. The average Bonchev–Trinajstić information content (AvgIpc) is 2.50. The molecule has 1 saturated heterocycles. The first-order valence-electron chi connectivity index (χ1n) is 8.80. The van der Waals surface area contributed by atoms with Gasteiger partial charge in [-0.3, -0.25) is 0 Å². The van der Waals surface area contributed by atoms with E-state index < -0.39 is 0 Å². The van der Waals surface area contributed by atoms with Crippen molar-refractivity contribution in [1.29, 1.82) is 0 Å². The topological polar surface area (TPSA) is 33.7 Å². The second kappa shape index (κ2) is 12.4. The van der Waals surface area contributed by atoms with Crippen molar-refractivity contribution in [1.82, 2.24) is 10.2 Å². The zero-order valence-corrected chi connectivity index (χ0v) is 14.4. The van der Waals surface area contributed by atoms with Gasteiger partial charge < -0.3 is 19.7 Å². The fraction of sp³-hybridized carbons (Fsp3) is 1.00. The third-order valence-electron chi connectivity index (χ3n) is 4.40. The van der Waals surface area contributed by atoms with E-state index in [2.05, 4.69) is 24.1 Å². The van der Waals surface area contributed by atoms with Gasteiger partial charge in [0.25, 0.3) is 0 Å². The van der Waals surface area contributed by atoms with Crippen molar-refractivity contribution in [3.05, 3.63) is 0 Å². The highest BCUT2D eigenvalue weighted by Crippen LogP contribution is 2.19. The van der Waals surface area contributed by atoms with Gasteiger partial charge in [-0.05, 0) is 64.6 Å². The number of ether oxygens (including phenoxy) is 2. The Hall–Kier alpha value is -0.160. The van der Waals surface area contributed by atoms with Gasteiger partial charge in [-0.15, -0.1) is 0 Å². The van der Waals surface area contributed by atoms with Crippen LogP contribution in [-0.2, 0) is 9.47 Å². The van der Waals surface area contributed by atoms with E-state index in [-0.39, 0.29) is 0 Å². The maximum atomic E-state index is 5.48. The lowest BCUT2D eigenvalue weighted by atomic mass is 9.91. The molecule has 2 atom stereocenters. The Morgan fingerprint density at radius 3 is 2.86 bits per heavy atom. The van der Waals surface area contributed by atoms with Gasteiger partial charge in [0.15, 0.2) is 0 Å². The SMILES string of the molecule is CCCN1CCCC(C(C)NCCCCOCCOC)C1. The fourth-order valence-electron chi connectivity index (χ4n) is 3.09. The highest BCUT2D eigenvalue weighted by atomic mass is 16.5. The first-order chi connectivity index (χ1) is 10.3. The van der Waals surface area contributed by atoms with E-state index in [0.29, 0.717) is 12.6 Å². The van der Waals surface area contributed by atoms with Crippen LogP contribution in [0, 0.1) is 5.92 Å². The first kappa shape index (κ1) is 18.9. The van der Waals surface area contributed by atoms with E-state index in [4.69, 9.17) is 9.47 Å². The molecular formula is C17H36N2O2. The molecule has 4 nitrogen and oxygen atoms in total. The Bertz CT molecular complexity index is 237. The Balaban J connectivity index is 2.01. The fourth-order valence-corrected chi connectivity index (χ4v) is 3.09. The number of hydrogen-bond acceptors (Lipinski definition) is 4. The third kappa shape index (κ3) is 8.77. The number of unbranched alkanes of at least 4 members (excludes halogenated alkanes) is 1. The number of rotatable bonds is 12. The predicted molar refractivity (Wildman–Crippen MR) is 88.8 cm³/mol. The maximum Gasteiger partial charge on any atom is 0.0700 e. The van der Waals surface area contributed by atoms with Crippen molar-refractivity contribution in [3.8, 4) is 0 Å². The molecule has 2 unspecified atom stereocenters. The number of nitrogens with one attached hydrogen (secondary N) is 1. The predicted octanol–water partition coefficient (Wildman–Crippen LogP) is 2.53. The molecule has 1 aliphatic rings. The molecule has 0 bridgehead atoms. The minimum atomic E-state index is 0.638. The number of methoxy groups -OCH3 is 1. The van der Waals surface area contributed by atoms with Crippen molar-refractivity contribution in [2.75, 3.05) is 53.1 Å². The van der Waals surface area contributed by atoms with Crippen LogP contribution in [0.5, 0.6) is 0 Å². The molecule has 0 aliphatic carbocycles. The first-order valence-corrected chi connectivity index (χ1v) is 8.80. The van der Waals surface area contributed by atoms with E-state index in [9.17, 15) is 0 Å². The largest absolute Gasteiger partial charge is 0.382 e. The molecule has 126 valence electrons. The van der Waals surface area contributed by atoms with Crippen LogP contribution in [0.4, 0.5) is 0 Å². The van der Waals surface area contributed by atoms with Gasteiger partial charge in [0, 0.05) is 26.3 Å². The normalized spacial score (nSPS) is 21.6. The van der Waals surface area contributed by atoms with Crippen molar-refractivity contribution < 1.29 is 9.47 Å². The zero-order chi connectivity index (χ0) is 15.3. The number of likely N-dealkylation sites (tertiary alicyclic amines) is 1. The highest BCUT2D eigenvalue weighted by Gasteiger charge is 2.23. The molecule has 0 radical (unpaired) electrons. The summed E-state index contributed by atoms with van der Waals surface area (Å²) in [5, 5.41) is 3.71. The van der Waals surface area contributed by atoms with E-state index in [0.717, 1.165) is 32.1 Å². The summed E-state index contributed by atoms with van der Waals surface area (Å²) in [6.07, 6.45) is 6.36. The minimum absolute atomic E-state index is 0.638. The summed E-state index contributed by atoms with van der Waals surface area (Å²) in [5.41, 5.74) is 0. The molecule has 4 heteroatoms. The van der Waals surface area contributed by atoms with Gasteiger partial charge >= 0.3 is 0 Å². The Morgan fingerprint density at radius 1 is 1.24 bits per heavy atom. The monoisotopic (exact) mass is 300 g/mol. The van der Waals surface area contributed by atoms with Crippen LogP contribution in [0.2, 0.25) is 0 Å². The molecule has 0 aromatic heterocycles. The maximum absolute atomic E-state index is 5.48. The van der Waals surface area contributed by atoms with Gasteiger partial charge in [0.2, 0.25) is 0 Å². The van der Waals surface area contributed by atoms with Crippen molar-refractivity contribution in [2.24, 2.45) is 5.92 Å². The summed E-state index contributed by atoms with van der Waals surface area (Å²) in [6, 6.07) is 0.638. The van der Waals surface area contributed by atoms with Gasteiger partial charge in [-0.1, -0.05) is 6.92 Å². The lowest BCUT2D eigenvalue weighted by molar-refractivity contribution is 0.0686. The van der Waals surface area contributed by atoms with Crippen LogP contribution >= 0.6 is 0 Å². The van der Waals surface area contributed by atoms with Crippen LogP contribution in [0.3, 0.4) is 0 Å². The molecule has 0 aromatic rings.